The summed E-state index contributed by atoms with van der Waals surface area (Å²) < 4.78 is 0. The average molecular weight is 195 g/mol. The predicted octanol–water partition coefficient (Wildman–Crippen LogP) is 1.35. The van der Waals surface area contributed by atoms with E-state index in [1.54, 1.807) is 0 Å². The fourth-order valence-corrected chi connectivity index (χ4v) is 2.13. The van der Waals surface area contributed by atoms with Gasteiger partial charge in [0.05, 0.1) is 6.54 Å². The van der Waals surface area contributed by atoms with Crippen LogP contribution in [-0.2, 0) is 0 Å². The molecular formula is C12H21NO. The summed E-state index contributed by atoms with van der Waals surface area (Å²) >= 11 is 0. The lowest BCUT2D eigenvalue weighted by molar-refractivity contribution is 0.0526. The Morgan fingerprint density at radius 3 is 2.43 bits per heavy atom. The molecule has 0 aromatic rings. The van der Waals surface area contributed by atoms with Gasteiger partial charge in [-0.2, -0.15) is 0 Å². The van der Waals surface area contributed by atoms with Crippen LogP contribution < -0.4 is 0 Å². The number of hydrogen-bond acceptors (Lipinski definition) is 2. The van der Waals surface area contributed by atoms with E-state index in [0.717, 1.165) is 32.5 Å². The van der Waals surface area contributed by atoms with Crippen molar-refractivity contribution in [3.63, 3.8) is 0 Å². The van der Waals surface area contributed by atoms with Gasteiger partial charge in [0.15, 0.2) is 0 Å². The number of likely N-dealkylation sites (tertiary alicyclic amines) is 1. The number of aliphatic hydroxyl groups is 1. The van der Waals surface area contributed by atoms with Gasteiger partial charge in [-0.05, 0) is 37.3 Å². The second kappa shape index (κ2) is 4.82. The lowest BCUT2D eigenvalue weighted by Gasteiger charge is -2.39. The quantitative estimate of drug-likeness (QED) is 0.687. The van der Waals surface area contributed by atoms with Crippen LogP contribution in [0.2, 0.25) is 0 Å². The first kappa shape index (κ1) is 11.6. The van der Waals surface area contributed by atoms with Gasteiger partial charge >= 0.3 is 0 Å². The zero-order valence-electron chi connectivity index (χ0n) is 9.29. The van der Waals surface area contributed by atoms with E-state index in [0.29, 0.717) is 5.92 Å². The maximum absolute atomic E-state index is 9.27. The minimum atomic E-state index is 0.0717. The van der Waals surface area contributed by atoms with E-state index in [-0.39, 0.29) is 12.0 Å². The van der Waals surface area contributed by atoms with Crippen molar-refractivity contribution in [2.75, 3.05) is 26.2 Å². The Hall–Kier alpha value is -0.520. The van der Waals surface area contributed by atoms with Crippen LogP contribution in [0.5, 0.6) is 0 Å². The van der Waals surface area contributed by atoms with Crippen LogP contribution in [0, 0.1) is 23.7 Å². The Balaban J connectivity index is 2.40. The summed E-state index contributed by atoms with van der Waals surface area (Å²) in [7, 11) is 0. The Kier molecular flexibility index (Phi) is 3.97. The van der Waals surface area contributed by atoms with Crippen LogP contribution in [0.25, 0.3) is 0 Å². The number of hydrogen-bond donors (Lipinski definition) is 1. The lowest BCUT2D eigenvalue weighted by Crippen LogP contribution is -2.40. The molecule has 0 amide bonds. The van der Waals surface area contributed by atoms with Crippen molar-refractivity contribution < 1.29 is 5.11 Å². The van der Waals surface area contributed by atoms with Crippen molar-refractivity contribution in [1.82, 2.24) is 4.90 Å². The van der Waals surface area contributed by atoms with Gasteiger partial charge in [-0.1, -0.05) is 19.8 Å². The SMILES string of the molecule is C#CCN1CCC(C(C)(C)CO)CC1. The summed E-state index contributed by atoms with van der Waals surface area (Å²) in [5.41, 5.74) is 0.0717. The van der Waals surface area contributed by atoms with E-state index in [9.17, 15) is 5.11 Å². The third kappa shape index (κ3) is 2.73. The molecule has 0 radical (unpaired) electrons. The monoisotopic (exact) mass is 195 g/mol. The van der Waals surface area contributed by atoms with Gasteiger partial charge in [0.2, 0.25) is 0 Å². The Morgan fingerprint density at radius 1 is 1.43 bits per heavy atom. The van der Waals surface area contributed by atoms with Gasteiger partial charge in [0.25, 0.3) is 0 Å². The molecule has 0 aliphatic carbocycles. The zero-order valence-corrected chi connectivity index (χ0v) is 9.29. The van der Waals surface area contributed by atoms with E-state index in [1.807, 2.05) is 0 Å². The zero-order chi connectivity index (χ0) is 10.6. The van der Waals surface area contributed by atoms with Crippen LogP contribution in [0.1, 0.15) is 26.7 Å². The van der Waals surface area contributed by atoms with Gasteiger partial charge < -0.3 is 5.11 Å². The van der Waals surface area contributed by atoms with Gasteiger partial charge in [0.1, 0.15) is 0 Å². The molecule has 1 aliphatic heterocycles. The molecule has 80 valence electrons. The fraction of sp³-hybridized carbons (Fsp3) is 0.833. The molecule has 0 unspecified atom stereocenters. The maximum atomic E-state index is 9.27. The summed E-state index contributed by atoms with van der Waals surface area (Å²) in [4.78, 5) is 2.31. The van der Waals surface area contributed by atoms with Crippen molar-refractivity contribution in [1.29, 1.82) is 0 Å². The van der Waals surface area contributed by atoms with Gasteiger partial charge in [-0.3, -0.25) is 4.90 Å². The van der Waals surface area contributed by atoms with Crippen molar-refractivity contribution in [3.8, 4) is 12.3 Å². The minimum Gasteiger partial charge on any atom is -0.396 e. The van der Waals surface area contributed by atoms with E-state index in [4.69, 9.17) is 6.42 Å². The van der Waals surface area contributed by atoms with Crippen molar-refractivity contribution in [3.05, 3.63) is 0 Å². The van der Waals surface area contributed by atoms with Crippen molar-refractivity contribution in [2.24, 2.45) is 11.3 Å². The molecule has 0 spiro atoms. The molecule has 0 bridgehead atoms. The van der Waals surface area contributed by atoms with E-state index in [2.05, 4.69) is 24.7 Å². The van der Waals surface area contributed by atoms with Crippen molar-refractivity contribution in [2.45, 2.75) is 26.7 Å². The minimum absolute atomic E-state index is 0.0717. The summed E-state index contributed by atoms with van der Waals surface area (Å²) in [6, 6.07) is 0. The van der Waals surface area contributed by atoms with Crippen LogP contribution in [-0.4, -0.2) is 36.2 Å². The van der Waals surface area contributed by atoms with Crippen LogP contribution in [0.3, 0.4) is 0 Å². The van der Waals surface area contributed by atoms with Gasteiger partial charge in [-0.25, -0.2) is 0 Å². The number of nitrogens with zero attached hydrogens (tertiary/aromatic N) is 1. The van der Waals surface area contributed by atoms with Gasteiger partial charge in [-0.15, -0.1) is 6.42 Å². The molecule has 0 saturated carbocycles. The molecule has 1 N–H and O–H groups in total. The third-order valence-electron chi connectivity index (χ3n) is 3.42. The van der Waals surface area contributed by atoms with E-state index >= 15 is 0 Å². The third-order valence-corrected chi connectivity index (χ3v) is 3.42. The molecule has 1 fully saturated rings. The van der Waals surface area contributed by atoms with E-state index in [1.165, 1.54) is 0 Å². The highest BCUT2D eigenvalue weighted by atomic mass is 16.3. The Labute approximate surface area is 87.3 Å². The predicted molar refractivity (Wildman–Crippen MR) is 58.9 cm³/mol. The number of aliphatic hydroxyl groups excluding tert-OH is 1. The molecule has 1 aliphatic rings. The molecule has 2 nitrogen and oxygen atoms in total. The number of rotatable bonds is 3. The number of piperidine rings is 1. The molecule has 14 heavy (non-hydrogen) atoms. The van der Waals surface area contributed by atoms with Crippen LogP contribution >= 0.6 is 0 Å². The molecule has 1 rings (SSSR count). The van der Waals surface area contributed by atoms with E-state index < -0.39 is 0 Å². The summed E-state index contributed by atoms with van der Waals surface area (Å²) in [6.45, 7) is 7.51. The molecule has 0 atom stereocenters. The second-order valence-corrected chi connectivity index (χ2v) is 4.90. The normalized spacial score (nSPS) is 20.7. The fourth-order valence-electron chi connectivity index (χ4n) is 2.13. The smallest absolute Gasteiger partial charge is 0.0598 e. The highest BCUT2D eigenvalue weighted by Gasteiger charge is 2.31. The first-order chi connectivity index (χ1) is 6.60. The van der Waals surface area contributed by atoms with Crippen molar-refractivity contribution >= 4 is 0 Å². The largest absolute Gasteiger partial charge is 0.396 e. The standard InChI is InChI=1S/C12H21NO/c1-4-7-13-8-5-11(6-9-13)12(2,3)10-14/h1,11,14H,5-10H2,2-3H3. The molecule has 1 saturated heterocycles. The van der Waals surface area contributed by atoms with Crippen LogP contribution in [0.4, 0.5) is 0 Å². The first-order valence-electron chi connectivity index (χ1n) is 5.37. The molecule has 0 aromatic carbocycles. The Morgan fingerprint density at radius 2 is 2.00 bits per heavy atom. The average Bonchev–Trinajstić information content (AvgIpc) is 2.19. The summed E-state index contributed by atoms with van der Waals surface area (Å²) in [6.07, 6.45) is 7.60. The second-order valence-electron chi connectivity index (χ2n) is 4.90. The molecular weight excluding hydrogens is 174 g/mol. The highest BCUT2D eigenvalue weighted by Crippen LogP contribution is 2.34. The maximum Gasteiger partial charge on any atom is 0.0598 e. The summed E-state index contributed by atoms with van der Waals surface area (Å²) in [5, 5.41) is 9.27. The lowest BCUT2D eigenvalue weighted by atomic mass is 9.74. The number of terminal acetylenes is 1. The highest BCUT2D eigenvalue weighted by molar-refractivity contribution is 4.91. The van der Waals surface area contributed by atoms with Crippen LogP contribution in [0.15, 0.2) is 0 Å². The molecule has 0 aromatic heterocycles. The Bertz CT molecular complexity index is 209. The molecule has 1 heterocycles. The topological polar surface area (TPSA) is 23.5 Å². The molecule has 2 heteroatoms. The summed E-state index contributed by atoms with van der Waals surface area (Å²) in [5.74, 6) is 3.32. The van der Waals surface area contributed by atoms with Gasteiger partial charge in [0, 0.05) is 6.61 Å². The first-order valence-corrected chi connectivity index (χ1v) is 5.37.